The Labute approximate surface area is 236 Å². The van der Waals surface area contributed by atoms with Crippen LogP contribution in [0.4, 0.5) is 16.2 Å². The number of para-hydroxylation sites is 2. The minimum atomic E-state index is -1.11. The van der Waals surface area contributed by atoms with Crippen molar-refractivity contribution in [2.24, 2.45) is 5.92 Å². The summed E-state index contributed by atoms with van der Waals surface area (Å²) in [6.07, 6.45) is 2.93. The van der Waals surface area contributed by atoms with Gasteiger partial charge in [-0.05, 0) is 73.6 Å². The van der Waals surface area contributed by atoms with Crippen molar-refractivity contribution >= 4 is 45.2 Å². The van der Waals surface area contributed by atoms with Crippen LogP contribution in [0.5, 0.6) is 0 Å². The van der Waals surface area contributed by atoms with Gasteiger partial charge in [0, 0.05) is 23.0 Å². The molecule has 0 spiro atoms. The minimum Gasteiger partial charge on any atom is -0.480 e. The highest BCUT2D eigenvalue weighted by Gasteiger charge is 2.55. The summed E-state index contributed by atoms with van der Waals surface area (Å²) in [7, 11) is 0. The van der Waals surface area contributed by atoms with Crippen LogP contribution >= 0.6 is 15.9 Å². The van der Waals surface area contributed by atoms with Crippen LogP contribution in [0.2, 0.25) is 0 Å². The van der Waals surface area contributed by atoms with E-state index < -0.39 is 18.1 Å². The van der Waals surface area contributed by atoms with Gasteiger partial charge in [0.15, 0.2) is 6.04 Å². The van der Waals surface area contributed by atoms with Crippen molar-refractivity contribution in [2.75, 3.05) is 11.4 Å². The Hall–Kier alpha value is -3.65. The zero-order valence-corrected chi connectivity index (χ0v) is 23.0. The lowest BCUT2D eigenvalue weighted by atomic mass is 9.85. The van der Waals surface area contributed by atoms with E-state index in [0.29, 0.717) is 17.8 Å². The zero-order chi connectivity index (χ0) is 27.1. The summed E-state index contributed by atoms with van der Waals surface area (Å²) in [6, 6.07) is 24.4. The number of halogens is 1. The number of rotatable bonds is 5. The topological polar surface area (TPSA) is 81.2 Å². The first-order chi connectivity index (χ1) is 18.9. The first-order valence-electron chi connectivity index (χ1n) is 13.5. The van der Waals surface area contributed by atoms with Crippen LogP contribution < -0.4 is 4.90 Å². The number of piperazine rings is 1. The van der Waals surface area contributed by atoms with Crippen LogP contribution in [0.3, 0.4) is 0 Å². The van der Waals surface area contributed by atoms with Crippen LogP contribution in [0.15, 0.2) is 89.4 Å². The molecule has 2 heterocycles. The number of urea groups is 1. The molecule has 1 N–H and O–H groups in total. The maximum absolute atomic E-state index is 14.2. The Morgan fingerprint density at radius 3 is 2.05 bits per heavy atom. The third-order valence-corrected chi connectivity index (χ3v) is 8.80. The number of carboxylic acid groups (broad SMARTS) is 1. The molecule has 2 bridgehead atoms. The average molecular weight is 589 g/mol. The number of hydrogen-bond acceptors (Lipinski definition) is 3. The molecule has 3 aromatic carbocycles. The van der Waals surface area contributed by atoms with Crippen LogP contribution in [0.1, 0.15) is 37.2 Å². The average Bonchev–Trinajstić information content (AvgIpc) is 3.74. The van der Waals surface area contributed by atoms with Gasteiger partial charge in [-0.2, -0.15) is 0 Å². The molecule has 1 saturated carbocycles. The van der Waals surface area contributed by atoms with Gasteiger partial charge in [0.05, 0.1) is 17.4 Å². The largest absolute Gasteiger partial charge is 0.480 e. The molecule has 39 heavy (non-hydrogen) atoms. The monoisotopic (exact) mass is 587 g/mol. The number of piperidine rings is 1. The van der Waals surface area contributed by atoms with Crippen molar-refractivity contribution in [1.29, 1.82) is 0 Å². The molecule has 200 valence electrons. The van der Waals surface area contributed by atoms with Crippen molar-refractivity contribution in [3.05, 3.63) is 95.0 Å². The smallest absolute Gasteiger partial charge is 0.329 e. The number of carbonyl (C=O) groups is 3. The lowest BCUT2D eigenvalue weighted by Crippen LogP contribution is -2.71. The first kappa shape index (κ1) is 25.6. The molecule has 0 radical (unpaired) electrons. The summed E-state index contributed by atoms with van der Waals surface area (Å²) in [6.45, 7) is 0.198. The van der Waals surface area contributed by atoms with Crippen molar-refractivity contribution in [2.45, 2.75) is 49.7 Å². The normalized spacial score (nSPS) is 25.6. The highest BCUT2D eigenvalue weighted by molar-refractivity contribution is 9.10. The highest BCUT2D eigenvalue weighted by atomic mass is 79.9. The molecule has 1 aliphatic carbocycles. The first-order valence-corrected chi connectivity index (χ1v) is 14.2. The van der Waals surface area contributed by atoms with E-state index in [1.165, 1.54) is 4.90 Å². The molecule has 3 fully saturated rings. The van der Waals surface area contributed by atoms with Crippen LogP contribution in [0, 0.1) is 5.92 Å². The number of carbonyl (C=O) groups excluding carboxylic acids is 2. The van der Waals surface area contributed by atoms with E-state index in [1.807, 2.05) is 89.8 Å². The highest BCUT2D eigenvalue weighted by Crippen LogP contribution is 2.50. The number of aliphatic carboxylic acids is 1. The number of hydrogen-bond donors (Lipinski definition) is 1. The number of benzene rings is 3. The predicted octanol–water partition coefficient (Wildman–Crippen LogP) is 6.03. The number of carboxylic acids is 1. The van der Waals surface area contributed by atoms with Gasteiger partial charge in [0.2, 0.25) is 5.91 Å². The Morgan fingerprint density at radius 2 is 1.46 bits per heavy atom. The number of anilines is 2. The molecule has 2 unspecified atom stereocenters. The predicted molar refractivity (Wildman–Crippen MR) is 152 cm³/mol. The molecular weight excluding hydrogens is 558 g/mol. The van der Waals surface area contributed by atoms with Crippen molar-refractivity contribution in [1.82, 2.24) is 9.80 Å². The molecule has 3 aromatic rings. The number of fused-ring (bicyclic) bond motifs is 2. The van der Waals surface area contributed by atoms with Crippen molar-refractivity contribution in [3.8, 4) is 0 Å². The second-order valence-electron chi connectivity index (χ2n) is 10.6. The Morgan fingerprint density at radius 1 is 0.846 bits per heavy atom. The second kappa shape index (κ2) is 10.5. The summed E-state index contributed by atoms with van der Waals surface area (Å²) in [4.78, 5) is 45.8. The standard InChI is InChI=1S/C31H30BrN3O4/c32-21-16-14-20(15-17-21)25-18-26(25)29(36)35-24-12-7-13-27(35)28(30(37)38)33(19-24)31(39)34(22-8-3-1-4-9-22)23-10-5-2-6-11-23/h1-6,8-11,14-17,24-28H,7,12-13,18-19H2,(H,37,38)/t24-,25?,26?,27+,28-/m0/s1. The van der Waals surface area contributed by atoms with Gasteiger partial charge in [0.1, 0.15) is 0 Å². The zero-order valence-electron chi connectivity index (χ0n) is 21.4. The van der Waals surface area contributed by atoms with E-state index in [4.69, 9.17) is 0 Å². The fourth-order valence-corrected chi connectivity index (χ4v) is 6.64. The third kappa shape index (κ3) is 4.82. The number of likely N-dealkylation sites (tertiary alicyclic amines) is 1. The van der Waals surface area contributed by atoms with Gasteiger partial charge in [-0.1, -0.05) is 64.5 Å². The van der Waals surface area contributed by atoms with E-state index in [1.54, 1.807) is 4.90 Å². The molecule has 8 heteroatoms. The molecular formula is C31H30BrN3O4. The molecule has 0 aromatic heterocycles. The lowest BCUT2D eigenvalue weighted by Gasteiger charge is -2.53. The lowest BCUT2D eigenvalue weighted by molar-refractivity contribution is -0.158. The van der Waals surface area contributed by atoms with E-state index in [2.05, 4.69) is 15.9 Å². The SMILES string of the molecule is O=C(O)[C@@H]1[C@H]2CCC[C@@H](CN1C(=O)N(c1ccccc1)c1ccccc1)N2C(=O)C1CC1c1ccc(Br)cc1. The van der Waals surface area contributed by atoms with Gasteiger partial charge < -0.3 is 14.9 Å². The van der Waals surface area contributed by atoms with E-state index >= 15 is 0 Å². The van der Waals surface area contributed by atoms with Crippen molar-refractivity contribution in [3.63, 3.8) is 0 Å². The minimum absolute atomic E-state index is 0.0268. The molecule has 3 amide bonds. The number of amides is 3. The van der Waals surface area contributed by atoms with Gasteiger partial charge >= 0.3 is 12.0 Å². The summed E-state index contributed by atoms with van der Waals surface area (Å²) < 4.78 is 0.995. The van der Waals surface area contributed by atoms with Crippen LogP contribution in [0.25, 0.3) is 0 Å². The summed E-state index contributed by atoms with van der Waals surface area (Å²) in [5, 5.41) is 10.4. The van der Waals surface area contributed by atoms with E-state index in [9.17, 15) is 19.5 Å². The Balaban J connectivity index is 1.30. The van der Waals surface area contributed by atoms with Gasteiger partial charge in [-0.25, -0.2) is 9.59 Å². The van der Waals surface area contributed by atoms with Gasteiger partial charge in [-0.15, -0.1) is 0 Å². The maximum atomic E-state index is 14.2. The molecule has 6 rings (SSSR count). The third-order valence-electron chi connectivity index (χ3n) is 8.27. The molecule has 2 saturated heterocycles. The quantitative estimate of drug-likeness (QED) is 0.395. The van der Waals surface area contributed by atoms with Gasteiger partial charge in [-0.3, -0.25) is 9.69 Å². The second-order valence-corrected chi connectivity index (χ2v) is 11.5. The maximum Gasteiger partial charge on any atom is 0.329 e. The van der Waals surface area contributed by atoms with Gasteiger partial charge in [0.25, 0.3) is 0 Å². The fourth-order valence-electron chi connectivity index (χ4n) is 6.38. The Kier molecular flexibility index (Phi) is 6.89. The summed E-state index contributed by atoms with van der Waals surface area (Å²) >= 11 is 3.47. The number of nitrogens with zero attached hydrogens (tertiary/aromatic N) is 3. The summed E-state index contributed by atoms with van der Waals surface area (Å²) in [5.74, 6) is -1.04. The van der Waals surface area contributed by atoms with Crippen LogP contribution in [-0.2, 0) is 9.59 Å². The van der Waals surface area contributed by atoms with Crippen molar-refractivity contribution < 1.29 is 19.5 Å². The molecule has 5 atom stereocenters. The van der Waals surface area contributed by atoms with E-state index in [-0.39, 0.29) is 36.4 Å². The summed E-state index contributed by atoms with van der Waals surface area (Å²) in [5.41, 5.74) is 2.46. The van der Waals surface area contributed by atoms with Crippen LogP contribution in [-0.4, -0.2) is 57.5 Å². The molecule has 7 nitrogen and oxygen atoms in total. The van der Waals surface area contributed by atoms with E-state index in [0.717, 1.165) is 29.3 Å². The fraction of sp³-hybridized carbons (Fsp3) is 0.323. The molecule has 2 aliphatic heterocycles. The Bertz CT molecular complexity index is 1330. The molecule has 3 aliphatic rings.